The first-order valence-electron chi connectivity index (χ1n) is 6.23. The number of unbranched alkanes of at least 4 members (excludes halogenated alkanes) is 2. The highest BCUT2D eigenvalue weighted by Gasteiger charge is 2.28. The molecule has 1 aromatic carbocycles. The van der Waals surface area contributed by atoms with Gasteiger partial charge in [0.1, 0.15) is 0 Å². The zero-order valence-corrected chi connectivity index (χ0v) is 10.7. The van der Waals surface area contributed by atoms with Gasteiger partial charge in [-0.3, -0.25) is 0 Å². The maximum absolute atomic E-state index is 10.2. The van der Waals surface area contributed by atoms with Crippen LogP contribution in [0.4, 0.5) is 0 Å². The molecule has 0 aromatic heterocycles. The molecule has 0 fully saturated rings. The Kier molecular flexibility index (Phi) is 5.01. The third-order valence-electron chi connectivity index (χ3n) is 3.38. The molecule has 1 unspecified atom stereocenters. The fraction of sp³-hybridized carbons (Fsp3) is 0.600. The van der Waals surface area contributed by atoms with E-state index in [9.17, 15) is 5.11 Å². The Morgan fingerprint density at radius 2 is 1.88 bits per heavy atom. The largest absolute Gasteiger partial charge is 0.392 e. The third-order valence-corrected chi connectivity index (χ3v) is 3.38. The van der Waals surface area contributed by atoms with Gasteiger partial charge < -0.3 is 5.11 Å². The van der Waals surface area contributed by atoms with Crippen LogP contribution in [0.5, 0.6) is 0 Å². The molecule has 0 spiro atoms. The molecular weight excluding hydrogens is 196 g/mol. The van der Waals surface area contributed by atoms with Crippen molar-refractivity contribution in [2.75, 3.05) is 0 Å². The van der Waals surface area contributed by atoms with E-state index >= 15 is 0 Å². The van der Waals surface area contributed by atoms with Crippen molar-refractivity contribution in [3.8, 4) is 0 Å². The van der Waals surface area contributed by atoms with Crippen LogP contribution in [0.15, 0.2) is 24.3 Å². The highest BCUT2D eigenvalue weighted by Crippen LogP contribution is 2.29. The fourth-order valence-corrected chi connectivity index (χ4v) is 1.96. The average molecular weight is 219 g/mol. The van der Waals surface area contributed by atoms with Crippen molar-refractivity contribution in [3.63, 3.8) is 0 Å². The summed E-state index contributed by atoms with van der Waals surface area (Å²) in [4.78, 5) is 0. The van der Waals surface area contributed by atoms with E-state index in [-0.39, 0.29) is 11.5 Å². The van der Waals surface area contributed by atoms with E-state index in [0.29, 0.717) is 0 Å². The van der Waals surface area contributed by atoms with Gasteiger partial charge in [-0.1, -0.05) is 64.3 Å². The number of hydrogen-bond acceptors (Lipinski definition) is 1. The number of benzene rings is 1. The normalized spacial score (nSPS) is 13.8. The Labute approximate surface area is 99.5 Å². The van der Waals surface area contributed by atoms with Gasteiger partial charge in [0.05, 0.1) is 6.10 Å². The van der Waals surface area contributed by atoms with Crippen LogP contribution < -0.4 is 0 Å². The van der Waals surface area contributed by atoms with Crippen molar-refractivity contribution in [2.24, 2.45) is 0 Å². The smallest absolute Gasteiger partial charge is 0.0631 e. The molecule has 0 saturated heterocycles. The van der Waals surface area contributed by atoms with E-state index < -0.39 is 0 Å². The van der Waals surface area contributed by atoms with Crippen LogP contribution >= 0.6 is 0 Å². The summed E-state index contributed by atoms with van der Waals surface area (Å²) in [5.74, 6) is 0. The predicted molar refractivity (Wildman–Crippen MR) is 68.5 cm³/mol. The monoisotopic (exact) mass is 219 g/mol. The van der Waals surface area contributed by atoms with Crippen LogP contribution in [0, 0.1) is 6.07 Å². The first-order valence-corrected chi connectivity index (χ1v) is 6.23. The van der Waals surface area contributed by atoms with Gasteiger partial charge in [0.2, 0.25) is 0 Å². The Bertz CT molecular complexity index is 290. The van der Waals surface area contributed by atoms with E-state index in [2.05, 4.69) is 26.8 Å². The molecule has 0 aliphatic carbocycles. The molecule has 0 bridgehead atoms. The van der Waals surface area contributed by atoms with E-state index in [4.69, 9.17) is 0 Å². The quantitative estimate of drug-likeness (QED) is 0.723. The number of aliphatic hydroxyl groups excluding tert-OH is 1. The van der Waals surface area contributed by atoms with Crippen LogP contribution in [-0.2, 0) is 5.41 Å². The SMILES string of the molecule is CCCCCC(O)C(C)(C)c1cc[c]cc1. The lowest BCUT2D eigenvalue weighted by Crippen LogP contribution is -2.33. The molecule has 1 N–H and O–H groups in total. The first kappa shape index (κ1) is 13.2. The van der Waals surface area contributed by atoms with E-state index in [1.54, 1.807) is 0 Å². The second kappa shape index (κ2) is 6.05. The van der Waals surface area contributed by atoms with Gasteiger partial charge in [0, 0.05) is 5.41 Å². The highest BCUT2D eigenvalue weighted by atomic mass is 16.3. The molecule has 89 valence electrons. The minimum Gasteiger partial charge on any atom is -0.392 e. The number of aliphatic hydroxyl groups is 1. The zero-order valence-electron chi connectivity index (χ0n) is 10.7. The van der Waals surface area contributed by atoms with E-state index in [1.807, 2.05) is 24.3 Å². The summed E-state index contributed by atoms with van der Waals surface area (Å²) in [7, 11) is 0. The second-order valence-electron chi connectivity index (χ2n) is 5.02. The summed E-state index contributed by atoms with van der Waals surface area (Å²) in [6.07, 6.45) is 4.14. The predicted octanol–water partition coefficient (Wildman–Crippen LogP) is 3.71. The third kappa shape index (κ3) is 3.34. The van der Waals surface area contributed by atoms with Gasteiger partial charge >= 0.3 is 0 Å². The maximum atomic E-state index is 10.2. The van der Waals surface area contributed by atoms with Gasteiger partial charge in [0.15, 0.2) is 0 Å². The van der Waals surface area contributed by atoms with Crippen molar-refractivity contribution in [2.45, 2.75) is 58.0 Å². The van der Waals surface area contributed by atoms with Crippen molar-refractivity contribution < 1.29 is 5.11 Å². The summed E-state index contributed by atoms with van der Waals surface area (Å²) < 4.78 is 0. The molecule has 1 rings (SSSR count). The van der Waals surface area contributed by atoms with Crippen molar-refractivity contribution >= 4 is 0 Å². The van der Waals surface area contributed by atoms with Crippen LogP contribution in [0.2, 0.25) is 0 Å². The van der Waals surface area contributed by atoms with Crippen LogP contribution in [-0.4, -0.2) is 11.2 Å². The number of hydrogen-bond donors (Lipinski definition) is 1. The average Bonchev–Trinajstić information content (AvgIpc) is 2.30. The summed E-state index contributed by atoms with van der Waals surface area (Å²) in [6.45, 7) is 6.41. The standard InChI is InChI=1S/C15H23O/c1-4-5-7-12-14(16)15(2,3)13-10-8-6-9-11-13/h8-11,14,16H,4-5,7,12H2,1-3H3. The molecular formula is C15H23O. The molecule has 16 heavy (non-hydrogen) atoms. The minimum absolute atomic E-state index is 0.164. The molecule has 0 aliphatic heterocycles. The molecule has 1 radical (unpaired) electrons. The van der Waals surface area contributed by atoms with Crippen LogP contribution in [0.3, 0.4) is 0 Å². The Balaban J connectivity index is 2.62. The lowest BCUT2D eigenvalue weighted by Gasteiger charge is -2.31. The highest BCUT2D eigenvalue weighted by molar-refractivity contribution is 5.24. The van der Waals surface area contributed by atoms with Gasteiger partial charge in [-0.2, -0.15) is 0 Å². The first-order chi connectivity index (χ1) is 7.59. The maximum Gasteiger partial charge on any atom is 0.0631 e. The fourth-order valence-electron chi connectivity index (χ4n) is 1.96. The Morgan fingerprint density at radius 1 is 1.25 bits per heavy atom. The van der Waals surface area contributed by atoms with Gasteiger partial charge in [-0.05, 0) is 18.1 Å². The molecule has 0 saturated carbocycles. The molecule has 1 aromatic rings. The molecule has 1 heteroatoms. The Hall–Kier alpha value is -0.820. The topological polar surface area (TPSA) is 20.2 Å². The molecule has 0 aliphatic rings. The minimum atomic E-state index is -0.263. The van der Waals surface area contributed by atoms with Crippen molar-refractivity contribution in [1.82, 2.24) is 0 Å². The van der Waals surface area contributed by atoms with Crippen LogP contribution in [0.25, 0.3) is 0 Å². The van der Waals surface area contributed by atoms with Gasteiger partial charge in [-0.15, -0.1) is 0 Å². The van der Waals surface area contributed by atoms with E-state index in [1.165, 1.54) is 18.4 Å². The lowest BCUT2D eigenvalue weighted by molar-refractivity contribution is 0.0886. The molecule has 0 amide bonds. The summed E-state index contributed by atoms with van der Waals surface area (Å²) in [6, 6.07) is 10.9. The Morgan fingerprint density at radius 3 is 2.44 bits per heavy atom. The molecule has 1 atom stereocenters. The van der Waals surface area contributed by atoms with E-state index in [0.717, 1.165) is 12.8 Å². The van der Waals surface area contributed by atoms with Gasteiger partial charge in [-0.25, -0.2) is 0 Å². The van der Waals surface area contributed by atoms with Crippen LogP contribution in [0.1, 0.15) is 52.0 Å². The molecule has 0 heterocycles. The molecule has 1 nitrogen and oxygen atoms in total. The van der Waals surface area contributed by atoms with Crippen molar-refractivity contribution in [3.05, 3.63) is 35.9 Å². The second-order valence-corrected chi connectivity index (χ2v) is 5.02. The van der Waals surface area contributed by atoms with Gasteiger partial charge in [0.25, 0.3) is 0 Å². The summed E-state index contributed by atoms with van der Waals surface area (Å²) in [5, 5.41) is 10.2. The number of rotatable bonds is 6. The zero-order chi connectivity index (χ0) is 12.0. The van der Waals surface area contributed by atoms with Crippen molar-refractivity contribution in [1.29, 1.82) is 0 Å². The summed E-state index contributed by atoms with van der Waals surface area (Å²) >= 11 is 0. The lowest BCUT2D eigenvalue weighted by atomic mass is 9.77. The summed E-state index contributed by atoms with van der Waals surface area (Å²) in [5.41, 5.74) is 1.03.